The van der Waals surface area contributed by atoms with Crippen molar-refractivity contribution in [1.29, 1.82) is 0 Å². The predicted octanol–water partition coefficient (Wildman–Crippen LogP) is 14.9. The third-order valence-electron chi connectivity index (χ3n) is 13.7. The van der Waals surface area contributed by atoms with E-state index in [1.54, 1.807) is 22.3 Å². The van der Waals surface area contributed by atoms with E-state index < -0.39 is 20.3 Å². The van der Waals surface area contributed by atoms with Gasteiger partial charge in [0.1, 0.15) is 0 Å². The van der Waals surface area contributed by atoms with Crippen molar-refractivity contribution in [2.24, 2.45) is 0 Å². The van der Waals surface area contributed by atoms with E-state index in [1.165, 1.54) is 63.2 Å². The molecule has 2 aliphatic carbocycles. The van der Waals surface area contributed by atoms with E-state index in [2.05, 4.69) is 147 Å². The van der Waals surface area contributed by atoms with Crippen LogP contribution in [0.3, 0.4) is 0 Å². The minimum absolute atomic E-state index is 0.172. The van der Waals surface area contributed by atoms with E-state index in [0.717, 1.165) is 33.4 Å². The normalized spacial score (nSPS) is 16.1. The number of allylic oxidation sites excluding steroid dienone is 2. The van der Waals surface area contributed by atoms with Crippen LogP contribution in [0.1, 0.15) is 85.1 Å². The number of benzene rings is 8. The third kappa shape index (κ3) is 8.07. The molecule has 0 amide bonds. The summed E-state index contributed by atoms with van der Waals surface area (Å²) in [7, 11) is 0. The van der Waals surface area contributed by atoms with Crippen LogP contribution in [0.25, 0.3) is 44.8 Å². The van der Waals surface area contributed by atoms with E-state index in [0.29, 0.717) is 7.25 Å². The van der Waals surface area contributed by atoms with Gasteiger partial charge in [0.05, 0.1) is 0 Å². The van der Waals surface area contributed by atoms with Crippen molar-refractivity contribution < 1.29 is 30.5 Å². The third-order valence-corrected chi connectivity index (χ3v) is 26.5. The molecule has 1 aliphatic heterocycles. The fraction of sp³-hybridized carbons (Fsp3) is 0.200. The quantitative estimate of drug-likeness (QED) is 0.177. The van der Waals surface area contributed by atoms with E-state index in [9.17, 15) is 10.2 Å². The molecule has 0 aromatic heterocycles. The molecule has 0 spiro atoms. The molecule has 0 saturated carbocycles. The molecule has 0 N–H and O–H groups in total. The van der Waals surface area contributed by atoms with E-state index in [1.807, 2.05) is 65.8 Å². The fourth-order valence-electron chi connectivity index (χ4n) is 11.0. The average Bonchev–Trinajstić information content (AvgIpc) is 3.79. The van der Waals surface area contributed by atoms with Crippen molar-refractivity contribution in [3.8, 4) is 11.5 Å². The summed E-state index contributed by atoms with van der Waals surface area (Å²) in [5, 5.41) is 27.7. The topological polar surface area (TPSA) is 46.1 Å². The van der Waals surface area contributed by atoms with Crippen molar-refractivity contribution in [2.45, 2.75) is 70.9 Å². The summed E-state index contributed by atoms with van der Waals surface area (Å²) in [6.07, 6.45) is 5.15. The average molecular weight is 900 g/mol. The standard InChI is InChI=1S/2C20H15.2C9H12O.C2H4.Zr/c2*1-14-10-17-8-4-5-9-19(17)20(11-14)18-12-15-6-2-3-7-16(15)13-18;2*1-6-4-7(2)9(10)8(3)5-6;1-2;/h2*2-13H,1H3;2*4-5,10H,1-3H3;1-2H2;/q;;;;;+2/p-2. The Morgan fingerprint density at radius 1 is 0.397 bits per heavy atom. The first-order valence-electron chi connectivity index (χ1n) is 22.4. The zero-order valence-corrected chi connectivity index (χ0v) is 40.4. The van der Waals surface area contributed by atoms with Gasteiger partial charge in [-0.3, -0.25) is 0 Å². The molecule has 63 heavy (non-hydrogen) atoms. The van der Waals surface area contributed by atoms with Crippen molar-refractivity contribution in [3.63, 3.8) is 0 Å². The Morgan fingerprint density at radius 2 is 0.730 bits per heavy atom. The second-order valence-electron chi connectivity index (χ2n) is 18.6. The SMILES string of the molecule is Cc1cc(C)c([O-])c(C)c1.Cc1cc(C)c([O-])c(C)c1.Cc1cc(C2=Cc3ccccc3[CH]2[Zr+2]2([CH]3C(c4cc(C)cc5ccccc45)=Cc4ccccc43)[CH2][CH2]2)c2ccccc2c1. The number of fused-ring (bicyclic) bond motifs is 4. The van der Waals surface area contributed by atoms with Crippen LogP contribution in [0.4, 0.5) is 0 Å². The molecule has 2 nitrogen and oxygen atoms in total. The monoisotopic (exact) mass is 898 g/mol. The zero-order valence-electron chi connectivity index (χ0n) is 37.9. The predicted molar refractivity (Wildman–Crippen MR) is 261 cm³/mol. The van der Waals surface area contributed by atoms with Crippen LogP contribution in [0.2, 0.25) is 8.26 Å². The first kappa shape index (κ1) is 42.5. The number of hydrogen-bond acceptors (Lipinski definition) is 2. The van der Waals surface area contributed by atoms with Gasteiger partial charge in [-0.05, 0) is 41.5 Å². The van der Waals surface area contributed by atoms with Crippen LogP contribution in [0, 0.1) is 55.4 Å². The molecule has 0 bridgehead atoms. The van der Waals surface area contributed by atoms with E-state index >= 15 is 0 Å². The maximum absolute atomic E-state index is 11.1. The summed E-state index contributed by atoms with van der Waals surface area (Å²) in [4.78, 5) is 0. The van der Waals surface area contributed by atoms with Crippen LogP contribution in [-0.4, -0.2) is 0 Å². The van der Waals surface area contributed by atoms with Gasteiger partial charge >= 0.3 is 260 Å². The summed E-state index contributed by atoms with van der Waals surface area (Å²) in [6, 6.07) is 54.0. The van der Waals surface area contributed by atoms with Gasteiger partial charge in [0, 0.05) is 0 Å². The van der Waals surface area contributed by atoms with Gasteiger partial charge in [0.15, 0.2) is 0 Å². The van der Waals surface area contributed by atoms with Gasteiger partial charge in [0.25, 0.3) is 0 Å². The molecule has 1 saturated heterocycles. The van der Waals surface area contributed by atoms with Crippen molar-refractivity contribution in [1.82, 2.24) is 0 Å². The molecule has 0 radical (unpaired) electrons. The molecular weight excluding hydrogens is 844 g/mol. The Morgan fingerprint density at radius 3 is 1.11 bits per heavy atom. The van der Waals surface area contributed by atoms with Gasteiger partial charge in [0.2, 0.25) is 0 Å². The number of aryl methyl sites for hydroxylation is 8. The van der Waals surface area contributed by atoms with Gasteiger partial charge in [-0.25, -0.2) is 0 Å². The van der Waals surface area contributed by atoms with Gasteiger partial charge in [-0.1, -0.05) is 57.6 Å². The van der Waals surface area contributed by atoms with Crippen LogP contribution >= 0.6 is 0 Å². The van der Waals surface area contributed by atoms with E-state index in [-0.39, 0.29) is 11.5 Å². The summed E-state index contributed by atoms with van der Waals surface area (Å²) < 4.78 is 3.97. The molecule has 2 unspecified atom stereocenters. The Hall–Kier alpha value is -5.76. The molecule has 1 heterocycles. The van der Waals surface area contributed by atoms with Crippen molar-refractivity contribution >= 4 is 44.8 Å². The zero-order chi connectivity index (χ0) is 44.2. The fourth-order valence-corrected chi connectivity index (χ4v) is 28.1. The molecule has 8 aromatic rings. The van der Waals surface area contributed by atoms with Gasteiger partial charge in [-0.15, -0.1) is 11.5 Å². The molecule has 312 valence electrons. The summed E-state index contributed by atoms with van der Waals surface area (Å²) in [5.74, 6) is 0.344. The maximum atomic E-state index is 11.1. The summed E-state index contributed by atoms with van der Waals surface area (Å²) in [5.41, 5.74) is 20.6. The van der Waals surface area contributed by atoms with Gasteiger partial charge < -0.3 is 10.2 Å². The van der Waals surface area contributed by atoms with Crippen LogP contribution in [0.5, 0.6) is 11.5 Å². The second kappa shape index (κ2) is 17.1. The van der Waals surface area contributed by atoms with Crippen LogP contribution in [0.15, 0.2) is 146 Å². The summed E-state index contributed by atoms with van der Waals surface area (Å²) >= 11 is -2.97. The minimum atomic E-state index is -2.97. The molecule has 3 heteroatoms. The Balaban J connectivity index is 0.000000208. The van der Waals surface area contributed by atoms with Crippen LogP contribution in [-0.2, 0) is 20.3 Å². The molecular formula is C60H56O2Zr. The molecule has 8 aromatic carbocycles. The molecule has 3 aliphatic rings. The Kier molecular flexibility index (Phi) is 11.5. The second-order valence-corrected chi connectivity index (χ2v) is 29.9. The molecule has 11 rings (SSSR count). The summed E-state index contributed by atoms with van der Waals surface area (Å²) in [6.45, 7) is 15.9. The van der Waals surface area contributed by atoms with Gasteiger partial charge in [-0.2, -0.15) is 0 Å². The van der Waals surface area contributed by atoms with E-state index in [4.69, 9.17) is 0 Å². The first-order chi connectivity index (χ1) is 30.3. The number of rotatable bonds is 4. The molecule has 1 fully saturated rings. The van der Waals surface area contributed by atoms with Crippen molar-refractivity contribution in [2.75, 3.05) is 0 Å². The number of hydrogen-bond donors (Lipinski definition) is 0. The van der Waals surface area contributed by atoms with Crippen molar-refractivity contribution in [3.05, 3.63) is 223 Å². The Bertz CT molecular complexity index is 2890. The first-order valence-corrected chi connectivity index (χ1v) is 28.7. The molecule has 2 atom stereocenters. The van der Waals surface area contributed by atoms with Crippen LogP contribution < -0.4 is 10.2 Å². The Labute approximate surface area is 378 Å².